The molecule has 0 aliphatic carbocycles. The van der Waals surface area contributed by atoms with Crippen molar-refractivity contribution in [3.05, 3.63) is 47.3 Å². The van der Waals surface area contributed by atoms with Gasteiger partial charge in [0, 0.05) is 24.3 Å². The molecule has 1 aromatic carbocycles. The van der Waals surface area contributed by atoms with Gasteiger partial charge in [0.1, 0.15) is 0 Å². The molecule has 132 valence electrons. The summed E-state index contributed by atoms with van der Waals surface area (Å²) in [6.07, 6.45) is 2.24. The summed E-state index contributed by atoms with van der Waals surface area (Å²) < 4.78 is 1.92. The minimum absolute atomic E-state index is 0.160. The highest BCUT2D eigenvalue weighted by atomic mass is 16.2. The van der Waals surface area contributed by atoms with Gasteiger partial charge in [0.05, 0.1) is 11.4 Å². The molecular weight excluding hydrogens is 312 g/mol. The molecule has 1 amide bonds. The second kappa shape index (κ2) is 6.64. The second-order valence-corrected chi connectivity index (χ2v) is 7.43. The van der Waals surface area contributed by atoms with Gasteiger partial charge in [-0.15, -0.1) is 0 Å². The van der Waals surface area contributed by atoms with E-state index in [0.29, 0.717) is 0 Å². The molecule has 2 saturated heterocycles. The Morgan fingerprint density at radius 1 is 1.08 bits per heavy atom. The van der Waals surface area contributed by atoms with Crippen LogP contribution in [0.5, 0.6) is 0 Å². The third kappa shape index (κ3) is 3.21. The molecule has 5 heteroatoms. The molecule has 0 spiro atoms. The first-order valence-electron chi connectivity index (χ1n) is 9.25. The van der Waals surface area contributed by atoms with Crippen molar-refractivity contribution in [2.45, 2.75) is 26.7 Å². The van der Waals surface area contributed by atoms with E-state index in [4.69, 9.17) is 0 Å². The van der Waals surface area contributed by atoms with Crippen LogP contribution in [0.15, 0.2) is 30.3 Å². The molecule has 0 bridgehead atoms. The van der Waals surface area contributed by atoms with Gasteiger partial charge < -0.3 is 10.2 Å². The van der Waals surface area contributed by atoms with Crippen molar-refractivity contribution in [2.75, 3.05) is 26.2 Å². The van der Waals surface area contributed by atoms with Gasteiger partial charge in [0.25, 0.3) is 5.91 Å². The third-order valence-electron chi connectivity index (χ3n) is 5.67. The molecule has 0 unspecified atom stereocenters. The Kier molecular flexibility index (Phi) is 4.34. The Morgan fingerprint density at radius 3 is 2.28 bits per heavy atom. The van der Waals surface area contributed by atoms with Crippen molar-refractivity contribution in [1.29, 1.82) is 0 Å². The quantitative estimate of drug-likeness (QED) is 0.915. The second-order valence-electron chi connectivity index (χ2n) is 7.43. The SMILES string of the molecule is Cc1cc(C)n(-c2ccc(C(=O)N3CC[C@@H]4CNC[C@@H]4CC3)cc2)n1. The van der Waals surface area contributed by atoms with Crippen LogP contribution in [0.4, 0.5) is 0 Å². The van der Waals surface area contributed by atoms with Crippen LogP contribution < -0.4 is 5.32 Å². The van der Waals surface area contributed by atoms with Crippen molar-refractivity contribution < 1.29 is 4.79 Å². The highest BCUT2D eigenvalue weighted by molar-refractivity contribution is 5.94. The summed E-state index contributed by atoms with van der Waals surface area (Å²) in [6.45, 7) is 8.02. The highest BCUT2D eigenvalue weighted by Gasteiger charge is 2.31. The molecule has 1 aromatic heterocycles. The molecule has 2 aliphatic heterocycles. The molecule has 2 aromatic rings. The van der Waals surface area contributed by atoms with Gasteiger partial charge in [-0.05, 0) is 81.9 Å². The Labute approximate surface area is 149 Å². The zero-order valence-corrected chi connectivity index (χ0v) is 15.0. The number of hydrogen-bond acceptors (Lipinski definition) is 3. The van der Waals surface area contributed by atoms with Crippen LogP contribution in [0.3, 0.4) is 0 Å². The molecule has 2 aliphatic rings. The zero-order chi connectivity index (χ0) is 17.4. The number of amides is 1. The van der Waals surface area contributed by atoms with Gasteiger partial charge in [-0.1, -0.05) is 0 Å². The lowest BCUT2D eigenvalue weighted by Gasteiger charge is -2.21. The van der Waals surface area contributed by atoms with Crippen molar-refractivity contribution in [2.24, 2.45) is 11.8 Å². The Morgan fingerprint density at radius 2 is 1.72 bits per heavy atom. The topological polar surface area (TPSA) is 50.2 Å². The number of hydrogen-bond donors (Lipinski definition) is 1. The number of nitrogens with one attached hydrogen (secondary N) is 1. The number of fused-ring (bicyclic) bond motifs is 1. The average Bonchev–Trinajstić information content (AvgIpc) is 3.14. The van der Waals surface area contributed by atoms with Crippen LogP contribution in [0.25, 0.3) is 5.69 Å². The number of rotatable bonds is 2. The smallest absolute Gasteiger partial charge is 0.253 e. The van der Waals surface area contributed by atoms with E-state index in [1.807, 2.05) is 47.7 Å². The predicted octanol–water partition coefficient (Wildman–Crippen LogP) is 2.56. The fourth-order valence-corrected chi connectivity index (χ4v) is 4.24. The van der Waals surface area contributed by atoms with E-state index in [1.54, 1.807) is 0 Å². The molecular formula is C20H26N4O. The predicted molar refractivity (Wildman–Crippen MR) is 98.0 cm³/mol. The van der Waals surface area contributed by atoms with E-state index in [1.165, 1.54) is 0 Å². The first-order valence-corrected chi connectivity index (χ1v) is 9.25. The summed E-state index contributed by atoms with van der Waals surface area (Å²) >= 11 is 0. The molecule has 0 saturated carbocycles. The standard InChI is InChI=1S/C20H26N4O/c1-14-11-15(2)24(22-14)19-5-3-16(4-6-19)20(25)23-9-7-17-12-21-13-18(17)8-10-23/h3-6,11,17-18,21H,7-10,12-13H2,1-2H3/t17-,18+. The van der Waals surface area contributed by atoms with Gasteiger partial charge in [-0.2, -0.15) is 5.10 Å². The van der Waals surface area contributed by atoms with E-state index in [2.05, 4.69) is 16.5 Å². The fourth-order valence-electron chi connectivity index (χ4n) is 4.24. The molecule has 4 rings (SSSR count). The van der Waals surface area contributed by atoms with E-state index in [0.717, 1.165) is 73.5 Å². The number of carbonyl (C=O) groups is 1. The number of aromatic nitrogens is 2. The van der Waals surface area contributed by atoms with Crippen LogP contribution in [0, 0.1) is 25.7 Å². The van der Waals surface area contributed by atoms with Gasteiger partial charge in [-0.3, -0.25) is 4.79 Å². The molecule has 2 fully saturated rings. The minimum atomic E-state index is 0.160. The summed E-state index contributed by atoms with van der Waals surface area (Å²) in [5, 5.41) is 7.99. The molecule has 5 nitrogen and oxygen atoms in total. The molecule has 1 N–H and O–H groups in total. The zero-order valence-electron chi connectivity index (χ0n) is 15.0. The third-order valence-corrected chi connectivity index (χ3v) is 5.67. The lowest BCUT2D eigenvalue weighted by molar-refractivity contribution is 0.0758. The maximum atomic E-state index is 12.9. The average molecular weight is 338 g/mol. The summed E-state index contributed by atoms with van der Waals surface area (Å²) in [7, 11) is 0. The minimum Gasteiger partial charge on any atom is -0.339 e. The highest BCUT2D eigenvalue weighted by Crippen LogP contribution is 2.27. The number of benzene rings is 1. The first kappa shape index (κ1) is 16.3. The Hall–Kier alpha value is -2.14. The Balaban J connectivity index is 1.48. The van der Waals surface area contributed by atoms with E-state index < -0.39 is 0 Å². The number of nitrogens with zero attached hydrogens (tertiary/aromatic N) is 3. The molecule has 0 radical (unpaired) electrons. The molecule has 2 atom stereocenters. The van der Waals surface area contributed by atoms with Crippen molar-refractivity contribution in [1.82, 2.24) is 20.0 Å². The van der Waals surface area contributed by atoms with Crippen LogP contribution in [-0.2, 0) is 0 Å². The van der Waals surface area contributed by atoms with E-state index in [-0.39, 0.29) is 5.91 Å². The van der Waals surface area contributed by atoms with Crippen molar-refractivity contribution in [3.8, 4) is 5.69 Å². The van der Waals surface area contributed by atoms with Gasteiger partial charge in [-0.25, -0.2) is 4.68 Å². The molecule has 3 heterocycles. The fraction of sp³-hybridized carbons (Fsp3) is 0.500. The largest absolute Gasteiger partial charge is 0.339 e. The van der Waals surface area contributed by atoms with Crippen molar-refractivity contribution in [3.63, 3.8) is 0 Å². The van der Waals surface area contributed by atoms with Crippen LogP contribution in [-0.4, -0.2) is 46.8 Å². The number of likely N-dealkylation sites (tertiary alicyclic amines) is 1. The van der Waals surface area contributed by atoms with Crippen LogP contribution in [0.2, 0.25) is 0 Å². The maximum Gasteiger partial charge on any atom is 0.253 e. The lowest BCUT2D eigenvalue weighted by atomic mass is 9.92. The lowest BCUT2D eigenvalue weighted by Crippen LogP contribution is -2.32. The summed E-state index contributed by atoms with van der Waals surface area (Å²) in [4.78, 5) is 14.9. The summed E-state index contributed by atoms with van der Waals surface area (Å²) in [6, 6.07) is 9.90. The van der Waals surface area contributed by atoms with Gasteiger partial charge >= 0.3 is 0 Å². The van der Waals surface area contributed by atoms with E-state index >= 15 is 0 Å². The summed E-state index contributed by atoms with van der Waals surface area (Å²) in [5.41, 5.74) is 3.88. The van der Waals surface area contributed by atoms with E-state index in [9.17, 15) is 4.79 Å². The Bertz CT molecular complexity index is 751. The summed E-state index contributed by atoms with van der Waals surface area (Å²) in [5.74, 6) is 1.64. The monoisotopic (exact) mass is 338 g/mol. The number of aryl methyl sites for hydroxylation is 2. The molecule has 25 heavy (non-hydrogen) atoms. The van der Waals surface area contributed by atoms with Crippen LogP contribution in [0.1, 0.15) is 34.6 Å². The van der Waals surface area contributed by atoms with Gasteiger partial charge in [0.15, 0.2) is 0 Å². The first-order chi connectivity index (χ1) is 12.1. The van der Waals surface area contributed by atoms with Crippen molar-refractivity contribution >= 4 is 5.91 Å². The van der Waals surface area contributed by atoms with Crippen LogP contribution >= 0.6 is 0 Å². The normalized spacial score (nSPS) is 23.4. The maximum absolute atomic E-state index is 12.9. The van der Waals surface area contributed by atoms with Gasteiger partial charge in [0.2, 0.25) is 0 Å². The number of carbonyl (C=O) groups excluding carboxylic acids is 1.